The van der Waals surface area contributed by atoms with Gasteiger partial charge in [0.05, 0.1) is 6.10 Å². The smallest absolute Gasteiger partial charge is 0.222 e. The van der Waals surface area contributed by atoms with Crippen molar-refractivity contribution in [2.75, 3.05) is 24.6 Å². The van der Waals surface area contributed by atoms with Crippen LogP contribution in [0, 0.1) is 11.8 Å². The molecule has 0 radical (unpaired) electrons. The SMILES string of the molecule is CC1CCN(C(=O)CC2CCSCC2)CC1O. The molecule has 1 amide bonds. The first-order valence-electron chi connectivity index (χ1n) is 6.70. The molecule has 2 atom stereocenters. The molecule has 0 aliphatic carbocycles. The van der Waals surface area contributed by atoms with Crippen LogP contribution >= 0.6 is 11.8 Å². The largest absolute Gasteiger partial charge is 0.391 e. The molecule has 4 heteroatoms. The summed E-state index contributed by atoms with van der Waals surface area (Å²) >= 11 is 2.00. The average molecular weight is 257 g/mol. The summed E-state index contributed by atoms with van der Waals surface area (Å²) in [6.45, 7) is 3.44. The molecule has 2 fully saturated rings. The number of likely N-dealkylation sites (tertiary alicyclic amines) is 1. The molecule has 2 unspecified atom stereocenters. The van der Waals surface area contributed by atoms with Crippen molar-refractivity contribution < 1.29 is 9.90 Å². The number of hydrogen-bond donors (Lipinski definition) is 1. The summed E-state index contributed by atoms with van der Waals surface area (Å²) in [5, 5.41) is 9.81. The highest BCUT2D eigenvalue weighted by atomic mass is 32.2. The van der Waals surface area contributed by atoms with Crippen LogP contribution in [-0.2, 0) is 4.79 Å². The molecule has 2 aliphatic rings. The number of carbonyl (C=O) groups excluding carboxylic acids is 1. The number of amides is 1. The minimum Gasteiger partial charge on any atom is -0.391 e. The fourth-order valence-corrected chi connectivity index (χ4v) is 3.81. The highest BCUT2D eigenvalue weighted by Gasteiger charge is 2.28. The number of carbonyl (C=O) groups is 1. The van der Waals surface area contributed by atoms with Crippen LogP contribution in [0.4, 0.5) is 0 Å². The Morgan fingerprint density at radius 3 is 2.71 bits per heavy atom. The number of piperidine rings is 1. The van der Waals surface area contributed by atoms with Crippen molar-refractivity contribution in [2.45, 2.75) is 38.7 Å². The fraction of sp³-hybridized carbons (Fsp3) is 0.923. The molecule has 2 saturated heterocycles. The van der Waals surface area contributed by atoms with Gasteiger partial charge < -0.3 is 10.0 Å². The van der Waals surface area contributed by atoms with Crippen LogP contribution in [-0.4, -0.2) is 46.6 Å². The lowest BCUT2D eigenvalue weighted by Crippen LogP contribution is -2.46. The number of nitrogens with zero attached hydrogens (tertiary/aromatic N) is 1. The first kappa shape index (κ1) is 13.2. The first-order valence-corrected chi connectivity index (χ1v) is 7.86. The molecule has 3 nitrogen and oxygen atoms in total. The van der Waals surface area contributed by atoms with Gasteiger partial charge in [0.15, 0.2) is 0 Å². The molecule has 1 N–H and O–H groups in total. The van der Waals surface area contributed by atoms with Crippen LogP contribution in [0.2, 0.25) is 0 Å². The molecule has 2 heterocycles. The van der Waals surface area contributed by atoms with Gasteiger partial charge in [0, 0.05) is 19.5 Å². The molecule has 0 aromatic heterocycles. The number of β-amino-alcohol motifs (C(OH)–C–C–N with tert-alkyl or cyclic N) is 1. The maximum Gasteiger partial charge on any atom is 0.222 e. The maximum atomic E-state index is 12.1. The van der Waals surface area contributed by atoms with E-state index >= 15 is 0 Å². The van der Waals surface area contributed by atoms with Gasteiger partial charge in [-0.25, -0.2) is 0 Å². The zero-order chi connectivity index (χ0) is 12.3. The highest BCUT2D eigenvalue weighted by Crippen LogP contribution is 2.26. The summed E-state index contributed by atoms with van der Waals surface area (Å²) in [4.78, 5) is 14.0. The third kappa shape index (κ3) is 3.62. The second kappa shape index (κ2) is 6.10. The average Bonchev–Trinajstić information content (AvgIpc) is 2.34. The van der Waals surface area contributed by atoms with Crippen LogP contribution in [0.25, 0.3) is 0 Å². The molecule has 2 rings (SSSR count). The number of hydrogen-bond acceptors (Lipinski definition) is 3. The molecule has 0 spiro atoms. The molecule has 2 aliphatic heterocycles. The Balaban J connectivity index is 1.79. The van der Waals surface area contributed by atoms with Gasteiger partial charge in [-0.05, 0) is 42.6 Å². The van der Waals surface area contributed by atoms with Gasteiger partial charge in [0.25, 0.3) is 0 Å². The quantitative estimate of drug-likeness (QED) is 0.819. The highest BCUT2D eigenvalue weighted by molar-refractivity contribution is 7.99. The Morgan fingerprint density at radius 1 is 1.35 bits per heavy atom. The van der Waals surface area contributed by atoms with Gasteiger partial charge in [0.1, 0.15) is 0 Å². The van der Waals surface area contributed by atoms with Crippen molar-refractivity contribution in [3.8, 4) is 0 Å². The normalized spacial score (nSPS) is 31.5. The predicted octanol–water partition coefficient (Wildman–Crippen LogP) is 1.75. The summed E-state index contributed by atoms with van der Waals surface area (Å²) in [7, 11) is 0. The number of aliphatic hydroxyl groups is 1. The second-order valence-electron chi connectivity index (χ2n) is 5.43. The third-order valence-corrected chi connectivity index (χ3v) is 5.12. The van der Waals surface area contributed by atoms with Crippen molar-refractivity contribution in [1.29, 1.82) is 0 Å². The predicted molar refractivity (Wildman–Crippen MR) is 71.0 cm³/mol. The van der Waals surface area contributed by atoms with E-state index in [1.54, 1.807) is 0 Å². The summed E-state index contributed by atoms with van der Waals surface area (Å²) in [6.07, 6.45) is 3.68. The molecule has 0 aromatic carbocycles. The minimum atomic E-state index is -0.324. The Kier molecular flexibility index (Phi) is 4.74. The summed E-state index contributed by atoms with van der Waals surface area (Å²) in [5.74, 6) is 3.59. The number of aliphatic hydroxyl groups excluding tert-OH is 1. The van der Waals surface area contributed by atoms with Gasteiger partial charge in [0.2, 0.25) is 5.91 Å². The Morgan fingerprint density at radius 2 is 2.06 bits per heavy atom. The van der Waals surface area contributed by atoms with Crippen LogP contribution in [0.1, 0.15) is 32.6 Å². The third-order valence-electron chi connectivity index (χ3n) is 4.08. The van der Waals surface area contributed by atoms with E-state index in [0.717, 1.165) is 13.0 Å². The molecule has 17 heavy (non-hydrogen) atoms. The minimum absolute atomic E-state index is 0.257. The van der Waals surface area contributed by atoms with E-state index < -0.39 is 0 Å². The molecular weight excluding hydrogens is 234 g/mol. The second-order valence-corrected chi connectivity index (χ2v) is 6.66. The lowest BCUT2D eigenvalue weighted by atomic mass is 9.94. The fourth-order valence-electron chi connectivity index (χ4n) is 2.60. The van der Waals surface area contributed by atoms with Gasteiger partial charge in [-0.2, -0.15) is 11.8 Å². The van der Waals surface area contributed by atoms with Crippen molar-refractivity contribution in [2.24, 2.45) is 11.8 Å². The lowest BCUT2D eigenvalue weighted by Gasteiger charge is -2.35. The zero-order valence-electron chi connectivity index (χ0n) is 10.6. The zero-order valence-corrected chi connectivity index (χ0v) is 11.4. The van der Waals surface area contributed by atoms with Gasteiger partial charge >= 0.3 is 0 Å². The van der Waals surface area contributed by atoms with Gasteiger partial charge in [-0.3, -0.25) is 4.79 Å². The molecule has 0 bridgehead atoms. The van der Waals surface area contributed by atoms with Crippen LogP contribution < -0.4 is 0 Å². The van der Waals surface area contributed by atoms with E-state index in [1.807, 2.05) is 16.7 Å². The summed E-state index contributed by atoms with van der Waals surface area (Å²) in [5.41, 5.74) is 0. The number of rotatable bonds is 2. The van der Waals surface area contributed by atoms with Crippen LogP contribution in [0.3, 0.4) is 0 Å². The van der Waals surface area contributed by atoms with Crippen molar-refractivity contribution in [1.82, 2.24) is 4.90 Å². The van der Waals surface area contributed by atoms with E-state index in [9.17, 15) is 9.90 Å². The first-order chi connectivity index (χ1) is 8.16. The molecular formula is C13H23NO2S. The molecule has 0 saturated carbocycles. The molecule has 0 aromatic rings. The summed E-state index contributed by atoms with van der Waals surface area (Å²) < 4.78 is 0. The van der Waals surface area contributed by atoms with E-state index in [1.165, 1.54) is 24.3 Å². The van der Waals surface area contributed by atoms with Gasteiger partial charge in [-0.1, -0.05) is 6.92 Å². The standard InChI is InChI=1S/C13H23NO2S/c1-10-2-5-14(9-12(10)15)13(16)8-11-3-6-17-7-4-11/h10-12,15H,2-9H2,1H3. The van der Waals surface area contributed by atoms with E-state index in [-0.39, 0.29) is 12.0 Å². The van der Waals surface area contributed by atoms with Crippen molar-refractivity contribution >= 4 is 17.7 Å². The Hall–Kier alpha value is -0.220. The lowest BCUT2D eigenvalue weighted by molar-refractivity contribution is -0.136. The number of thioether (sulfide) groups is 1. The maximum absolute atomic E-state index is 12.1. The van der Waals surface area contributed by atoms with E-state index in [4.69, 9.17) is 0 Å². The topological polar surface area (TPSA) is 40.5 Å². The van der Waals surface area contributed by atoms with Crippen molar-refractivity contribution in [3.05, 3.63) is 0 Å². The van der Waals surface area contributed by atoms with Crippen LogP contribution in [0.15, 0.2) is 0 Å². The Labute approximate surface area is 108 Å². The van der Waals surface area contributed by atoms with Crippen molar-refractivity contribution in [3.63, 3.8) is 0 Å². The monoisotopic (exact) mass is 257 g/mol. The van der Waals surface area contributed by atoms with Gasteiger partial charge in [-0.15, -0.1) is 0 Å². The van der Waals surface area contributed by atoms with E-state index in [2.05, 4.69) is 6.92 Å². The van der Waals surface area contributed by atoms with E-state index in [0.29, 0.717) is 24.8 Å². The van der Waals surface area contributed by atoms with Crippen LogP contribution in [0.5, 0.6) is 0 Å². The molecule has 98 valence electrons. The summed E-state index contributed by atoms with van der Waals surface area (Å²) in [6, 6.07) is 0. The Bertz CT molecular complexity index is 266.